The summed E-state index contributed by atoms with van der Waals surface area (Å²) in [5.74, 6) is 0.283. The molecule has 29 heavy (non-hydrogen) atoms. The van der Waals surface area contributed by atoms with Gasteiger partial charge in [0, 0.05) is 0 Å². The van der Waals surface area contributed by atoms with Gasteiger partial charge in [0.2, 0.25) is 9.84 Å². The zero-order valence-corrected chi connectivity index (χ0v) is 18.5. The first-order valence-corrected chi connectivity index (χ1v) is 12.3. The second-order valence-corrected chi connectivity index (χ2v) is 9.66. The van der Waals surface area contributed by atoms with Crippen molar-refractivity contribution < 1.29 is 18.6 Å². The van der Waals surface area contributed by atoms with Crippen molar-refractivity contribution in [2.45, 2.75) is 87.8 Å². The van der Waals surface area contributed by atoms with Gasteiger partial charge < -0.3 is 10.2 Å². The molecule has 0 bridgehead atoms. The van der Waals surface area contributed by atoms with E-state index in [-0.39, 0.29) is 21.3 Å². The van der Waals surface area contributed by atoms with Crippen molar-refractivity contribution in [3.05, 3.63) is 47.5 Å². The second-order valence-electron chi connectivity index (χ2n) is 7.71. The number of benzene rings is 2. The highest BCUT2D eigenvalue weighted by Crippen LogP contribution is 2.30. The van der Waals surface area contributed by atoms with Crippen molar-refractivity contribution in [3.8, 4) is 11.5 Å². The van der Waals surface area contributed by atoms with Crippen LogP contribution in [0.4, 0.5) is 0 Å². The SMILES string of the molecule is CCCCCCc1cc(S(=O)(=O)c2ccc(O)c(CCCCCC)c2)ccc1O. The van der Waals surface area contributed by atoms with Crippen LogP contribution in [0.2, 0.25) is 0 Å². The fraction of sp³-hybridized carbons (Fsp3) is 0.500. The summed E-state index contributed by atoms with van der Waals surface area (Å²) in [6, 6.07) is 9.01. The molecule has 0 atom stereocenters. The number of rotatable bonds is 12. The molecule has 0 unspecified atom stereocenters. The smallest absolute Gasteiger partial charge is 0.206 e. The molecule has 0 amide bonds. The zero-order chi connectivity index (χ0) is 21.3. The summed E-state index contributed by atoms with van der Waals surface area (Å²) in [7, 11) is -3.71. The molecule has 2 N–H and O–H groups in total. The van der Waals surface area contributed by atoms with Crippen molar-refractivity contribution in [1.82, 2.24) is 0 Å². The number of aromatic hydroxyl groups is 2. The molecule has 5 heteroatoms. The molecule has 0 spiro atoms. The molecule has 0 fully saturated rings. The molecule has 0 aliphatic heterocycles. The van der Waals surface area contributed by atoms with E-state index in [0.29, 0.717) is 24.0 Å². The number of aryl methyl sites for hydroxylation is 2. The molecule has 0 saturated heterocycles. The van der Waals surface area contributed by atoms with Crippen molar-refractivity contribution in [1.29, 1.82) is 0 Å². The van der Waals surface area contributed by atoms with Gasteiger partial charge in [-0.25, -0.2) is 8.42 Å². The number of phenolic OH excluding ortho intramolecular Hbond substituents is 2. The Kier molecular flexibility index (Phi) is 9.02. The van der Waals surface area contributed by atoms with Crippen molar-refractivity contribution in [3.63, 3.8) is 0 Å². The van der Waals surface area contributed by atoms with Crippen LogP contribution < -0.4 is 0 Å². The predicted molar refractivity (Wildman–Crippen MR) is 117 cm³/mol. The third-order valence-electron chi connectivity index (χ3n) is 5.32. The van der Waals surface area contributed by atoms with Crippen LogP contribution >= 0.6 is 0 Å². The van der Waals surface area contributed by atoms with E-state index in [1.54, 1.807) is 12.1 Å². The summed E-state index contributed by atoms with van der Waals surface area (Å²) < 4.78 is 26.3. The second kappa shape index (κ2) is 11.2. The Labute approximate surface area is 175 Å². The van der Waals surface area contributed by atoms with Crippen LogP contribution in [0.25, 0.3) is 0 Å². The molecule has 2 aromatic rings. The first-order chi connectivity index (χ1) is 13.9. The molecular formula is C24H34O4S. The van der Waals surface area contributed by atoms with E-state index >= 15 is 0 Å². The van der Waals surface area contributed by atoms with Crippen LogP contribution in [0.3, 0.4) is 0 Å². The van der Waals surface area contributed by atoms with Crippen molar-refractivity contribution in [2.75, 3.05) is 0 Å². The molecule has 0 aliphatic rings. The lowest BCUT2D eigenvalue weighted by Crippen LogP contribution is -2.04. The predicted octanol–water partition coefficient (Wildman–Crippen LogP) is 6.18. The lowest BCUT2D eigenvalue weighted by molar-refractivity contribution is 0.465. The average molecular weight is 419 g/mol. The molecule has 0 aromatic heterocycles. The topological polar surface area (TPSA) is 74.6 Å². The Balaban J connectivity index is 2.23. The summed E-state index contributed by atoms with van der Waals surface area (Å²) in [4.78, 5) is 0.367. The lowest BCUT2D eigenvalue weighted by atomic mass is 10.1. The summed E-state index contributed by atoms with van der Waals surface area (Å²) in [5, 5.41) is 20.2. The minimum absolute atomic E-state index is 0.141. The Hall–Kier alpha value is -2.01. The van der Waals surface area contributed by atoms with Crippen LogP contribution in [0.15, 0.2) is 46.2 Å². The van der Waals surface area contributed by atoms with Gasteiger partial charge in [0.05, 0.1) is 9.79 Å². The molecule has 2 aromatic carbocycles. The largest absolute Gasteiger partial charge is 0.508 e. The van der Waals surface area contributed by atoms with Crippen LogP contribution in [0.1, 0.15) is 76.3 Å². The maximum absolute atomic E-state index is 13.2. The fourth-order valence-corrected chi connectivity index (χ4v) is 4.84. The summed E-state index contributed by atoms with van der Waals surface area (Å²) in [6.07, 6.45) is 9.81. The highest BCUT2D eigenvalue weighted by atomic mass is 32.2. The number of phenols is 2. The summed E-state index contributed by atoms with van der Waals surface area (Å²) in [6.45, 7) is 4.28. The van der Waals surface area contributed by atoms with E-state index in [4.69, 9.17) is 0 Å². The van der Waals surface area contributed by atoms with Gasteiger partial charge in [-0.05, 0) is 73.2 Å². The number of sulfone groups is 1. The minimum Gasteiger partial charge on any atom is -0.508 e. The molecule has 4 nitrogen and oxygen atoms in total. The van der Waals surface area contributed by atoms with E-state index in [9.17, 15) is 18.6 Å². The van der Waals surface area contributed by atoms with Crippen LogP contribution in [-0.2, 0) is 22.7 Å². The third-order valence-corrected chi connectivity index (χ3v) is 7.07. The minimum atomic E-state index is -3.71. The van der Waals surface area contributed by atoms with Gasteiger partial charge >= 0.3 is 0 Å². The Morgan fingerprint density at radius 1 is 0.655 bits per heavy atom. The van der Waals surface area contributed by atoms with Gasteiger partial charge in [-0.1, -0.05) is 52.4 Å². The molecule has 160 valence electrons. The van der Waals surface area contributed by atoms with Crippen LogP contribution in [0.5, 0.6) is 11.5 Å². The monoisotopic (exact) mass is 418 g/mol. The van der Waals surface area contributed by atoms with Gasteiger partial charge in [-0.2, -0.15) is 0 Å². The standard InChI is InChI=1S/C24H34O4S/c1-3-5-7-9-11-19-17-21(13-15-23(19)25)29(27,28)22-14-16-24(26)20(18-22)12-10-8-6-4-2/h13-18,25-26H,3-12H2,1-2H3. The Bertz CT molecular complexity index is 820. The Morgan fingerprint density at radius 3 is 1.45 bits per heavy atom. The number of hydrogen-bond donors (Lipinski definition) is 2. The van der Waals surface area contributed by atoms with Crippen LogP contribution in [-0.4, -0.2) is 18.6 Å². The highest BCUT2D eigenvalue weighted by molar-refractivity contribution is 7.91. The maximum Gasteiger partial charge on any atom is 0.206 e. The quantitative estimate of drug-likeness (QED) is 0.404. The molecule has 0 aliphatic carbocycles. The van der Waals surface area contributed by atoms with E-state index in [1.165, 1.54) is 24.3 Å². The summed E-state index contributed by atoms with van der Waals surface area (Å²) >= 11 is 0. The van der Waals surface area contributed by atoms with Crippen molar-refractivity contribution in [2.24, 2.45) is 0 Å². The number of unbranched alkanes of at least 4 members (excludes halogenated alkanes) is 6. The summed E-state index contributed by atoms with van der Waals surface area (Å²) in [5.41, 5.74) is 1.33. The van der Waals surface area contributed by atoms with Gasteiger partial charge in [0.1, 0.15) is 11.5 Å². The zero-order valence-electron chi connectivity index (χ0n) is 17.7. The van der Waals surface area contributed by atoms with Gasteiger partial charge in [-0.3, -0.25) is 0 Å². The van der Waals surface area contributed by atoms with E-state index in [2.05, 4.69) is 13.8 Å². The van der Waals surface area contributed by atoms with Crippen LogP contribution in [0, 0.1) is 0 Å². The van der Waals surface area contributed by atoms with Crippen molar-refractivity contribution >= 4 is 9.84 Å². The molecule has 2 rings (SSSR count). The van der Waals surface area contributed by atoms with Gasteiger partial charge in [0.25, 0.3) is 0 Å². The maximum atomic E-state index is 13.2. The Morgan fingerprint density at radius 2 is 1.07 bits per heavy atom. The van der Waals surface area contributed by atoms with Gasteiger partial charge in [-0.15, -0.1) is 0 Å². The van der Waals surface area contributed by atoms with E-state index in [1.807, 2.05) is 0 Å². The van der Waals surface area contributed by atoms with E-state index < -0.39 is 9.84 Å². The molecule has 0 radical (unpaired) electrons. The van der Waals surface area contributed by atoms with Gasteiger partial charge in [0.15, 0.2) is 0 Å². The van der Waals surface area contributed by atoms with E-state index in [0.717, 1.165) is 51.4 Å². The first-order valence-electron chi connectivity index (χ1n) is 10.8. The third kappa shape index (κ3) is 6.49. The normalized spacial score (nSPS) is 11.7. The lowest BCUT2D eigenvalue weighted by Gasteiger charge is -2.11. The average Bonchev–Trinajstić information content (AvgIpc) is 2.70. The first kappa shape index (κ1) is 23.3. The molecule has 0 saturated carbocycles. The fourth-order valence-electron chi connectivity index (χ4n) is 3.48. The highest BCUT2D eigenvalue weighted by Gasteiger charge is 2.20. The number of hydrogen-bond acceptors (Lipinski definition) is 4. The molecule has 0 heterocycles. The molecular weight excluding hydrogens is 384 g/mol.